The van der Waals surface area contributed by atoms with Gasteiger partial charge in [-0.25, -0.2) is 0 Å². The number of ether oxygens (including phenoxy) is 1. The van der Waals surface area contributed by atoms with Crippen molar-refractivity contribution in [3.8, 4) is 5.75 Å². The van der Waals surface area contributed by atoms with Gasteiger partial charge in [0.15, 0.2) is 6.10 Å². The number of benzene rings is 1. The molecule has 2 heterocycles. The van der Waals surface area contributed by atoms with Crippen LogP contribution in [-0.2, 0) is 17.6 Å². The molecule has 2 N–H and O–H groups in total. The number of nitrogens with one attached hydrogen (secondary N) is 2. The molecule has 2 aliphatic rings. The van der Waals surface area contributed by atoms with E-state index in [4.69, 9.17) is 16.3 Å². The average molecular weight is 345 g/mol. The summed E-state index contributed by atoms with van der Waals surface area (Å²) < 4.78 is 5.74. The first-order chi connectivity index (χ1) is 11.6. The van der Waals surface area contributed by atoms with Crippen LogP contribution in [0.15, 0.2) is 35.1 Å². The summed E-state index contributed by atoms with van der Waals surface area (Å²) in [6.45, 7) is 0. The third-order valence-electron chi connectivity index (χ3n) is 4.64. The maximum atomic E-state index is 12.6. The first-order valence-corrected chi connectivity index (χ1v) is 8.45. The molecule has 0 bridgehead atoms. The minimum absolute atomic E-state index is 0.0889. The highest BCUT2D eigenvalue weighted by Gasteiger charge is 2.32. The van der Waals surface area contributed by atoms with Crippen LogP contribution in [0.3, 0.4) is 0 Å². The van der Waals surface area contributed by atoms with E-state index in [9.17, 15) is 9.59 Å². The number of amides is 1. The van der Waals surface area contributed by atoms with E-state index in [0.29, 0.717) is 17.2 Å². The molecule has 2 aromatic rings. The smallest absolute Gasteiger partial charge is 0.261 e. The van der Waals surface area contributed by atoms with E-state index < -0.39 is 6.10 Å². The quantitative estimate of drug-likeness (QED) is 0.879. The summed E-state index contributed by atoms with van der Waals surface area (Å²) in [6, 6.07) is 8.62. The second kappa shape index (κ2) is 5.98. The van der Waals surface area contributed by atoms with E-state index in [1.54, 1.807) is 12.1 Å². The molecular formula is C18H17ClN2O3. The lowest BCUT2D eigenvalue weighted by atomic mass is 9.91. The van der Waals surface area contributed by atoms with Crippen LogP contribution in [0.5, 0.6) is 5.75 Å². The molecule has 6 heteroatoms. The molecule has 4 rings (SSSR count). The highest BCUT2D eigenvalue weighted by Crippen LogP contribution is 2.32. The van der Waals surface area contributed by atoms with Crippen molar-refractivity contribution in [1.82, 2.24) is 10.3 Å². The third-order valence-corrected chi connectivity index (χ3v) is 4.87. The van der Waals surface area contributed by atoms with E-state index in [1.807, 2.05) is 12.1 Å². The summed E-state index contributed by atoms with van der Waals surface area (Å²) >= 11 is 5.99. The summed E-state index contributed by atoms with van der Waals surface area (Å²) in [6.07, 6.45) is 2.61. The van der Waals surface area contributed by atoms with Crippen LogP contribution in [0.2, 0.25) is 5.02 Å². The van der Waals surface area contributed by atoms with E-state index in [-0.39, 0.29) is 17.5 Å². The van der Waals surface area contributed by atoms with Gasteiger partial charge in [-0.3, -0.25) is 9.59 Å². The van der Waals surface area contributed by atoms with E-state index in [0.717, 1.165) is 36.1 Å². The second-order valence-electron chi connectivity index (χ2n) is 6.27. The first-order valence-electron chi connectivity index (χ1n) is 8.08. The van der Waals surface area contributed by atoms with Crippen molar-refractivity contribution in [2.75, 3.05) is 0 Å². The summed E-state index contributed by atoms with van der Waals surface area (Å²) in [4.78, 5) is 26.9. The molecule has 0 saturated heterocycles. The van der Waals surface area contributed by atoms with Crippen LogP contribution in [-0.4, -0.2) is 17.0 Å². The Labute approximate surface area is 144 Å². The molecule has 2 unspecified atom stereocenters. The zero-order valence-electron chi connectivity index (χ0n) is 13.0. The van der Waals surface area contributed by atoms with Crippen molar-refractivity contribution in [3.63, 3.8) is 0 Å². The number of halogens is 1. The van der Waals surface area contributed by atoms with Gasteiger partial charge in [-0.1, -0.05) is 11.6 Å². The molecule has 1 aliphatic carbocycles. The van der Waals surface area contributed by atoms with Gasteiger partial charge in [0.1, 0.15) is 5.75 Å². The Morgan fingerprint density at radius 3 is 3.04 bits per heavy atom. The van der Waals surface area contributed by atoms with E-state index >= 15 is 0 Å². The number of H-pyrrole nitrogens is 1. The molecule has 0 saturated carbocycles. The number of carbonyl (C=O) groups excluding carboxylic acids is 1. The Kier molecular flexibility index (Phi) is 3.81. The van der Waals surface area contributed by atoms with Crippen molar-refractivity contribution in [1.29, 1.82) is 0 Å². The van der Waals surface area contributed by atoms with Gasteiger partial charge in [-0.15, -0.1) is 0 Å². The predicted octanol–water partition coefficient (Wildman–Crippen LogP) is 2.53. The zero-order chi connectivity index (χ0) is 16.7. The highest BCUT2D eigenvalue weighted by atomic mass is 35.5. The number of hydrogen-bond acceptors (Lipinski definition) is 3. The van der Waals surface area contributed by atoms with Crippen LogP contribution in [0, 0.1) is 0 Å². The largest absolute Gasteiger partial charge is 0.480 e. The first kappa shape index (κ1) is 15.3. The van der Waals surface area contributed by atoms with Crippen LogP contribution in [0.4, 0.5) is 0 Å². The lowest BCUT2D eigenvalue weighted by molar-refractivity contribution is -0.128. The lowest BCUT2D eigenvalue weighted by Crippen LogP contribution is -2.40. The van der Waals surface area contributed by atoms with Crippen molar-refractivity contribution >= 4 is 17.5 Å². The van der Waals surface area contributed by atoms with Crippen molar-refractivity contribution in [2.45, 2.75) is 37.8 Å². The van der Waals surface area contributed by atoms with Gasteiger partial charge in [0.05, 0.1) is 6.04 Å². The number of hydrogen-bond donors (Lipinski definition) is 2. The Hall–Kier alpha value is -2.27. The normalized spacial score (nSPS) is 21.5. The molecule has 1 amide bonds. The molecule has 0 radical (unpaired) electrons. The molecule has 124 valence electrons. The number of fused-ring (bicyclic) bond motifs is 2. The van der Waals surface area contributed by atoms with Crippen molar-refractivity contribution in [2.24, 2.45) is 0 Å². The van der Waals surface area contributed by atoms with Crippen LogP contribution in [0.25, 0.3) is 0 Å². The van der Waals surface area contributed by atoms with Crippen molar-refractivity contribution < 1.29 is 9.53 Å². The fourth-order valence-corrected chi connectivity index (χ4v) is 3.67. The van der Waals surface area contributed by atoms with Gasteiger partial charge in [0.2, 0.25) is 5.56 Å². The SMILES string of the molecule is O=C(NC1CCCc2[nH]c(=O)ccc21)C1Cc2cc(Cl)ccc2O1. The van der Waals surface area contributed by atoms with Crippen LogP contribution in [0.1, 0.15) is 35.7 Å². The summed E-state index contributed by atoms with van der Waals surface area (Å²) in [5, 5.41) is 3.71. The predicted molar refractivity (Wildman–Crippen MR) is 90.5 cm³/mol. The van der Waals surface area contributed by atoms with Gasteiger partial charge in [-0.05, 0) is 54.7 Å². The topological polar surface area (TPSA) is 71.2 Å². The fourth-order valence-electron chi connectivity index (χ4n) is 3.48. The number of aryl methyl sites for hydroxylation is 1. The van der Waals surface area contributed by atoms with Gasteiger partial charge in [0.25, 0.3) is 5.91 Å². The molecule has 5 nitrogen and oxygen atoms in total. The molecule has 1 aromatic heterocycles. The number of rotatable bonds is 2. The molecule has 1 aliphatic heterocycles. The van der Waals surface area contributed by atoms with Gasteiger partial charge < -0.3 is 15.0 Å². The van der Waals surface area contributed by atoms with Crippen molar-refractivity contribution in [3.05, 3.63) is 62.5 Å². The Balaban J connectivity index is 1.49. The fraction of sp³-hybridized carbons (Fsp3) is 0.333. The van der Waals surface area contributed by atoms with E-state index in [1.165, 1.54) is 6.07 Å². The molecule has 0 spiro atoms. The van der Waals surface area contributed by atoms with Crippen LogP contribution < -0.4 is 15.6 Å². The van der Waals surface area contributed by atoms with Gasteiger partial charge >= 0.3 is 0 Å². The minimum atomic E-state index is -0.536. The highest BCUT2D eigenvalue weighted by molar-refractivity contribution is 6.30. The monoisotopic (exact) mass is 344 g/mol. The Bertz CT molecular complexity index is 862. The zero-order valence-corrected chi connectivity index (χ0v) is 13.7. The molecule has 0 fully saturated rings. The summed E-state index contributed by atoms with van der Waals surface area (Å²) in [5.41, 5.74) is 2.76. The molecule has 24 heavy (non-hydrogen) atoms. The number of carbonyl (C=O) groups is 1. The van der Waals surface area contributed by atoms with E-state index in [2.05, 4.69) is 10.3 Å². The molecule has 2 atom stereocenters. The lowest BCUT2D eigenvalue weighted by Gasteiger charge is -2.26. The number of pyridine rings is 1. The maximum Gasteiger partial charge on any atom is 0.261 e. The average Bonchev–Trinajstić information content (AvgIpc) is 2.98. The Morgan fingerprint density at radius 1 is 1.29 bits per heavy atom. The van der Waals surface area contributed by atoms with Gasteiger partial charge in [0, 0.05) is 23.2 Å². The number of aromatic amines is 1. The summed E-state index contributed by atoms with van der Waals surface area (Å²) in [7, 11) is 0. The number of aromatic nitrogens is 1. The molecule has 1 aromatic carbocycles. The van der Waals surface area contributed by atoms with Crippen LogP contribution >= 0.6 is 11.6 Å². The van der Waals surface area contributed by atoms with Gasteiger partial charge in [-0.2, -0.15) is 0 Å². The Morgan fingerprint density at radius 2 is 2.17 bits per heavy atom. The third kappa shape index (κ3) is 2.80. The molecular weight excluding hydrogens is 328 g/mol. The standard InChI is InChI=1S/C18H17ClN2O3/c19-11-4-6-15-10(8-11)9-16(24-15)18(23)21-14-3-1-2-13-12(14)5-7-17(22)20-13/h4-8,14,16H,1-3,9H2,(H,20,22)(H,21,23). The maximum absolute atomic E-state index is 12.6. The second-order valence-corrected chi connectivity index (χ2v) is 6.71. The minimum Gasteiger partial charge on any atom is -0.480 e. The summed E-state index contributed by atoms with van der Waals surface area (Å²) in [5.74, 6) is 0.583.